The van der Waals surface area contributed by atoms with Crippen molar-refractivity contribution in [1.29, 1.82) is 5.41 Å². The van der Waals surface area contributed by atoms with Gasteiger partial charge in [0, 0.05) is 11.8 Å². The number of nitrogens with one attached hydrogen (secondary N) is 1. The average molecular weight is 198 g/mol. The lowest BCUT2D eigenvalue weighted by Gasteiger charge is -2.21. The molecule has 1 aliphatic carbocycles. The van der Waals surface area contributed by atoms with Crippen LogP contribution >= 0.6 is 0 Å². The van der Waals surface area contributed by atoms with Gasteiger partial charge in [0.05, 0.1) is 18.5 Å². The summed E-state index contributed by atoms with van der Waals surface area (Å²) in [7, 11) is 0. The first-order chi connectivity index (χ1) is 6.45. The number of nitrogens with two attached hydrogens (primary N) is 1. The summed E-state index contributed by atoms with van der Waals surface area (Å²) in [4.78, 5) is 0. The molecule has 0 bridgehead atoms. The highest BCUT2D eigenvalue weighted by Gasteiger charge is 2.43. The molecule has 1 atom stereocenters. The zero-order valence-electron chi connectivity index (χ0n) is 9.47. The Morgan fingerprint density at radius 2 is 2.00 bits per heavy atom. The molecule has 14 heavy (non-hydrogen) atoms. The van der Waals surface area contributed by atoms with Gasteiger partial charge in [-0.1, -0.05) is 13.8 Å². The van der Waals surface area contributed by atoms with Crippen LogP contribution in [0.4, 0.5) is 0 Å². The SMILES string of the molecule is CC(C)C(C)OCC1(CC(=N)N)CC1. The van der Waals surface area contributed by atoms with E-state index in [9.17, 15) is 0 Å². The first-order valence-electron chi connectivity index (χ1n) is 5.40. The molecule has 0 aliphatic heterocycles. The van der Waals surface area contributed by atoms with Crippen LogP contribution in [0, 0.1) is 16.7 Å². The molecule has 0 aromatic carbocycles. The molecule has 0 heterocycles. The van der Waals surface area contributed by atoms with Crippen molar-refractivity contribution in [1.82, 2.24) is 0 Å². The smallest absolute Gasteiger partial charge is 0.0911 e. The fraction of sp³-hybridized carbons (Fsp3) is 0.909. The predicted molar refractivity (Wildman–Crippen MR) is 58.5 cm³/mol. The highest BCUT2D eigenvalue weighted by atomic mass is 16.5. The summed E-state index contributed by atoms with van der Waals surface area (Å²) in [6.45, 7) is 7.20. The van der Waals surface area contributed by atoms with Crippen LogP contribution in [0.3, 0.4) is 0 Å². The number of rotatable bonds is 6. The minimum absolute atomic E-state index is 0.217. The van der Waals surface area contributed by atoms with Crippen LogP contribution in [-0.2, 0) is 4.74 Å². The zero-order chi connectivity index (χ0) is 10.8. The summed E-state index contributed by atoms with van der Waals surface area (Å²) < 4.78 is 5.78. The maximum Gasteiger partial charge on any atom is 0.0911 e. The van der Waals surface area contributed by atoms with Gasteiger partial charge in [-0.05, 0) is 25.7 Å². The van der Waals surface area contributed by atoms with E-state index in [0.717, 1.165) is 19.4 Å². The molecule has 3 heteroatoms. The minimum atomic E-state index is 0.217. The summed E-state index contributed by atoms with van der Waals surface area (Å²) in [5.41, 5.74) is 5.63. The van der Waals surface area contributed by atoms with E-state index < -0.39 is 0 Å². The molecule has 1 rings (SSSR count). The number of hydrogen-bond acceptors (Lipinski definition) is 2. The van der Waals surface area contributed by atoms with Crippen LogP contribution in [0.2, 0.25) is 0 Å². The normalized spacial score (nSPS) is 20.9. The van der Waals surface area contributed by atoms with Gasteiger partial charge in [-0.3, -0.25) is 5.41 Å². The van der Waals surface area contributed by atoms with Crippen molar-refractivity contribution in [2.45, 2.75) is 46.1 Å². The monoisotopic (exact) mass is 198 g/mol. The third-order valence-electron chi connectivity index (χ3n) is 3.11. The molecule has 1 fully saturated rings. The van der Waals surface area contributed by atoms with Crippen LogP contribution in [0.15, 0.2) is 0 Å². The van der Waals surface area contributed by atoms with E-state index in [-0.39, 0.29) is 5.41 Å². The van der Waals surface area contributed by atoms with Crippen LogP contribution in [-0.4, -0.2) is 18.5 Å². The van der Waals surface area contributed by atoms with Crippen LogP contribution in [0.5, 0.6) is 0 Å². The predicted octanol–water partition coefficient (Wildman–Crippen LogP) is 2.15. The molecule has 0 saturated heterocycles. The Bertz CT molecular complexity index is 209. The summed E-state index contributed by atoms with van der Waals surface area (Å²) >= 11 is 0. The van der Waals surface area contributed by atoms with Crippen molar-refractivity contribution in [3.05, 3.63) is 0 Å². The lowest BCUT2D eigenvalue weighted by atomic mass is 10.0. The lowest BCUT2D eigenvalue weighted by molar-refractivity contribution is 0.00874. The molecule has 1 aliphatic rings. The Morgan fingerprint density at radius 1 is 1.43 bits per heavy atom. The van der Waals surface area contributed by atoms with Crippen molar-refractivity contribution in [2.75, 3.05) is 6.61 Å². The van der Waals surface area contributed by atoms with Crippen molar-refractivity contribution >= 4 is 5.84 Å². The van der Waals surface area contributed by atoms with Crippen molar-refractivity contribution in [3.8, 4) is 0 Å². The molecular weight excluding hydrogens is 176 g/mol. The average Bonchev–Trinajstić information content (AvgIpc) is 2.80. The molecule has 1 unspecified atom stereocenters. The van der Waals surface area contributed by atoms with Crippen LogP contribution in [0.1, 0.15) is 40.0 Å². The van der Waals surface area contributed by atoms with Gasteiger partial charge in [0.15, 0.2) is 0 Å². The summed E-state index contributed by atoms with van der Waals surface area (Å²) in [5.74, 6) is 0.853. The Morgan fingerprint density at radius 3 is 2.36 bits per heavy atom. The lowest BCUT2D eigenvalue weighted by Crippen LogP contribution is -2.24. The van der Waals surface area contributed by atoms with Gasteiger partial charge >= 0.3 is 0 Å². The van der Waals surface area contributed by atoms with Crippen molar-refractivity contribution in [3.63, 3.8) is 0 Å². The second-order valence-corrected chi connectivity index (χ2v) is 4.96. The Labute approximate surface area is 86.5 Å². The molecule has 3 N–H and O–H groups in total. The van der Waals surface area contributed by atoms with Gasteiger partial charge in [-0.25, -0.2) is 0 Å². The fourth-order valence-electron chi connectivity index (χ4n) is 1.45. The van der Waals surface area contributed by atoms with E-state index in [2.05, 4.69) is 20.8 Å². The number of hydrogen-bond donors (Lipinski definition) is 2. The Hall–Kier alpha value is -0.570. The van der Waals surface area contributed by atoms with Gasteiger partial charge in [-0.15, -0.1) is 0 Å². The molecule has 0 spiro atoms. The molecule has 3 nitrogen and oxygen atoms in total. The summed E-state index contributed by atoms with van der Waals surface area (Å²) in [6.07, 6.45) is 3.34. The van der Waals surface area contributed by atoms with Crippen LogP contribution in [0.25, 0.3) is 0 Å². The second kappa shape index (κ2) is 4.30. The topological polar surface area (TPSA) is 59.1 Å². The number of amidine groups is 1. The van der Waals surface area contributed by atoms with Gasteiger partial charge in [0.2, 0.25) is 0 Å². The van der Waals surface area contributed by atoms with E-state index >= 15 is 0 Å². The van der Waals surface area contributed by atoms with Gasteiger partial charge in [-0.2, -0.15) is 0 Å². The zero-order valence-corrected chi connectivity index (χ0v) is 9.47. The van der Waals surface area contributed by atoms with E-state index in [1.807, 2.05) is 0 Å². The van der Waals surface area contributed by atoms with Gasteiger partial charge < -0.3 is 10.5 Å². The van der Waals surface area contributed by atoms with Crippen molar-refractivity contribution in [2.24, 2.45) is 17.1 Å². The molecular formula is C11H22N2O. The third kappa shape index (κ3) is 3.29. The van der Waals surface area contributed by atoms with Crippen molar-refractivity contribution < 1.29 is 4.74 Å². The van der Waals surface area contributed by atoms with E-state index in [4.69, 9.17) is 15.9 Å². The standard InChI is InChI=1S/C11H22N2O/c1-8(2)9(3)14-7-11(4-5-11)6-10(12)13/h8-9H,4-7H2,1-3H3,(H3,12,13). The second-order valence-electron chi connectivity index (χ2n) is 4.96. The largest absolute Gasteiger partial charge is 0.388 e. The van der Waals surface area contributed by atoms with E-state index in [0.29, 0.717) is 24.3 Å². The van der Waals surface area contributed by atoms with Gasteiger partial charge in [0.1, 0.15) is 0 Å². The first kappa shape index (κ1) is 11.5. The molecule has 0 radical (unpaired) electrons. The maximum atomic E-state index is 7.28. The maximum absolute atomic E-state index is 7.28. The molecule has 0 amide bonds. The third-order valence-corrected chi connectivity index (χ3v) is 3.11. The number of ether oxygens (including phenoxy) is 1. The fourth-order valence-corrected chi connectivity index (χ4v) is 1.45. The highest BCUT2D eigenvalue weighted by Crippen LogP contribution is 2.49. The Balaban J connectivity index is 2.27. The first-order valence-corrected chi connectivity index (χ1v) is 5.40. The van der Waals surface area contributed by atoms with Gasteiger partial charge in [0.25, 0.3) is 0 Å². The molecule has 82 valence electrons. The molecule has 0 aromatic heterocycles. The van der Waals surface area contributed by atoms with Crippen LogP contribution < -0.4 is 5.73 Å². The molecule has 0 aromatic rings. The van der Waals surface area contributed by atoms with E-state index in [1.54, 1.807) is 0 Å². The summed E-state index contributed by atoms with van der Waals surface area (Å²) in [5, 5.41) is 7.28. The van der Waals surface area contributed by atoms with E-state index in [1.165, 1.54) is 0 Å². The minimum Gasteiger partial charge on any atom is -0.388 e. The molecule has 1 saturated carbocycles. The quantitative estimate of drug-likeness (QED) is 0.507. The summed E-state index contributed by atoms with van der Waals surface area (Å²) in [6, 6.07) is 0. The highest BCUT2D eigenvalue weighted by molar-refractivity contribution is 5.78. The Kier molecular flexibility index (Phi) is 3.53.